The van der Waals surface area contributed by atoms with Crippen molar-refractivity contribution in [2.75, 3.05) is 18.0 Å². The first-order chi connectivity index (χ1) is 6.27. The fourth-order valence-corrected chi connectivity index (χ4v) is 1.55. The molecular formula is C8H14Cl2N4O. The molecule has 1 aliphatic heterocycles. The van der Waals surface area contributed by atoms with E-state index in [1.54, 1.807) is 6.20 Å². The van der Waals surface area contributed by atoms with Crippen LogP contribution in [0.2, 0.25) is 0 Å². The predicted molar refractivity (Wildman–Crippen MR) is 64.2 cm³/mol. The SMILES string of the molecule is Cl.Cl.NC1CCN(c2ncc[nH]c2=O)C1. The lowest BCUT2D eigenvalue weighted by molar-refractivity contribution is 0.751. The van der Waals surface area contributed by atoms with Gasteiger partial charge in [0, 0.05) is 31.5 Å². The summed E-state index contributed by atoms with van der Waals surface area (Å²) in [5.74, 6) is 0.482. The van der Waals surface area contributed by atoms with Crippen molar-refractivity contribution in [2.45, 2.75) is 12.5 Å². The first-order valence-electron chi connectivity index (χ1n) is 4.31. The summed E-state index contributed by atoms with van der Waals surface area (Å²) in [4.78, 5) is 19.8. The molecule has 1 aromatic heterocycles. The number of hydrogen-bond donors (Lipinski definition) is 2. The Bertz CT molecular complexity index is 356. The largest absolute Gasteiger partial charge is 0.350 e. The minimum Gasteiger partial charge on any atom is -0.350 e. The highest BCUT2D eigenvalue weighted by Gasteiger charge is 2.21. The molecule has 86 valence electrons. The molecule has 0 spiro atoms. The molecule has 0 amide bonds. The number of anilines is 1. The van der Waals surface area contributed by atoms with Gasteiger partial charge in [-0.2, -0.15) is 0 Å². The molecule has 1 saturated heterocycles. The summed E-state index contributed by atoms with van der Waals surface area (Å²) in [5.41, 5.74) is 5.59. The minimum absolute atomic E-state index is 0. The van der Waals surface area contributed by atoms with Gasteiger partial charge in [0.2, 0.25) is 0 Å². The van der Waals surface area contributed by atoms with Crippen molar-refractivity contribution in [1.82, 2.24) is 9.97 Å². The molecule has 1 atom stereocenters. The van der Waals surface area contributed by atoms with Gasteiger partial charge in [-0.3, -0.25) is 4.79 Å². The van der Waals surface area contributed by atoms with E-state index in [4.69, 9.17) is 5.73 Å². The molecule has 1 aliphatic rings. The van der Waals surface area contributed by atoms with Crippen LogP contribution in [0.25, 0.3) is 0 Å². The third kappa shape index (κ3) is 3.09. The van der Waals surface area contributed by atoms with Crippen molar-refractivity contribution >= 4 is 30.6 Å². The standard InChI is InChI=1S/C8H12N4O.2ClH/c9-6-1-4-12(5-6)7-8(13)11-3-2-10-7;;/h2-3,6H,1,4-5,9H2,(H,11,13);2*1H. The van der Waals surface area contributed by atoms with E-state index in [1.807, 2.05) is 4.90 Å². The third-order valence-corrected chi connectivity index (χ3v) is 2.21. The lowest BCUT2D eigenvalue weighted by atomic mass is 10.3. The summed E-state index contributed by atoms with van der Waals surface area (Å²) in [6.07, 6.45) is 4.04. The van der Waals surface area contributed by atoms with Crippen molar-refractivity contribution in [1.29, 1.82) is 0 Å². The highest BCUT2D eigenvalue weighted by molar-refractivity contribution is 5.85. The molecule has 1 aromatic rings. The van der Waals surface area contributed by atoms with Crippen LogP contribution < -0.4 is 16.2 Å². The van der Waals surface area contributed by atoms with Crippen LogP contribution in [0.5, 0.6) is 0 Å². The number of nitrogens with one attached hydrogen (secondary N) is 1. The Morgan fingerprint density at radius 1 is 1.53 bits per heavy atom. The normalized spacial score (nSPS) is 19.3. The van der Waals surface area contributed by atoms with E-state index < -0.39 is 0 Å². The quantitative estimate of drug-likeness (QED) is 0.747. The van der Waals surface area contributed by atoms with Gasteiger partial charge < -0.3 is 15.6 Å². The first-order valence-corrected chi connectivity index (χ1v) is 4.31. The van der Waals surface area contributed by atoms with Gasteiger partial charge in [-0.1, -0.05) is 0 Å². The van der Waals surface area contributed by atoms with Crippen LogP contribution in [-0.4, -0.2) is 29.1 Å². The molecule has 0 aliphatic carbocycles. The van der Waals surface area contributed by atoms with Crippen molar-refractivity contribution in [3.05, 3.63) is 22.7 Å². The van der Waals surface area contributed by atoms with Gasteiger partial charge in [-0.05, 0) is 6.42 Å². The second-order valence-corrected chi connectivity index (χ2v) is 3.24. The van der Waals surface area contributed by atoms with Crippen molar-refractivity contribution in [3.63, 3.8) is 0 Å². The smallest absolute Gasteiger partial charge is 0.290 e. The zero-order valence-electron chi connectivity index (χ0n) is 8.05. The summed E-state index contributed by atoms with van der Waals surface area (Å²) < 4.78 is 0. The number of nitrogens with zero attached hydrogens (tertiary/aromatic N) is 2. The molecule has 2 heterocycles. The number of halogens is 2. The average molecular weight is 253 g/mol. The van der Waals surface area contributed by atoms with Gasteiger partial charge in [0.15, 0.2) is 5.82 Å². The predicted octanol–water partition coefficient (Wildman–Crippen LogP) is 0.151. The molecule has 7 heteroatoms. The first kappa shape index (κ1) is 14.2. The van der Waals surface area contributed by atoms with Crippen LogP contribution in [0.1, 0.15) is 6.42 Å². The van der Waals surface area contributed by atoms with Gasteiger partial charge in [0.05, 0.1) is 0 Å². The number of hydrogen-bond acceptors (Lipinski definition) is 4. The highest BCUT2D eigenvalue weighted by atomic mass is 35.5. The van der Waals surface area contributed by atoms with Crippen molar-refractivity contribution < 1.29 is 0 Å². The van der Waals surface area contributed by atoms with Crippen LogP contribution in [0.3, 0.4) is 0 Å². The number of H-pyrrole nitrogens is 1. The molecular weight excluding hydrogens is 239 g/mol. The van der Waals surface area contributed by atoms with Gasteiger partial charge in [0.25, 0.3) is 5.56 Å². The van der Waals surface area contributed by atoms with E-state index >= 15 is 0 Å². The molecule has 5 nitrogen and oxygen atoms in total. The van der Waals surface area contributed by atoms with Crippen LogP contribution in [0.4, 0.5) is 5.82 Å². The molecule has 0 saturated carbocycles. The molecule has 0 radical (unpaired) electrons. The van der Waals surface area contributed by atoms with Gasteiger partial charge >= 0.3 is 0 Å². The zero-order chi connectivity index (χ0) is 9.26. The number of aromatic amines is 1. The van der Waals surface area contributed by atoms with Crippen molar-refractivity contribution in [3.8, 4) is 0 Å². The Hall–Kier alpha value is -0.780. The molecule has 2 rings (SSSR count). The van der Waals surface area contributed by atoms with Crippen LogP contribution in [-0.2, 0) is 0 Å². The van der Waals surface area contributed by atoms with Crippen molar-refractivity contribution in [2.24, 2.45) is 5.73 Å². The maximum atomic E-state index is 11.3. The number of rotatable bonds is 1. The molecule has 1 unspecified atom stereocenters. The van der Waals surface area contributed by atoms with E-state index in [2.05, 4.69) is 9.97 Å². The Morgan fingerprint density at radius 2 is 2.27 bits per heavy atom. The maximum Gasteiger partial charge on any atom is 0.290 e. The average Bonchev–Trinajstić information content (AvgIpc) is 2.53. The Kier molecular flexibility index (Phi) is 5.64. The van der Waals surface area contributed by atoms with Crippen LogP contribution >= 0.6 is 24.8 Å². The zero-order valence-corrected chi connectivity index (χ0v) is 9.68. The van der Waals surface area contributed by atoms with Gasteiger partial charge in [-0.15, -0.1) is 24.8 Å². The monoisotopic (exact) mass is 252 g/mol. The van der Waals surface area contributed by atoms with E-state index in [0.29, 0.717) is 5.82 Å². The van der Waals surface area contributed by atoms with Crippen LogP contribution in [0, 0.1) is 0 Å². The molecule has 3 N–H and O–H groups in total. The molecule has 0 aromatic carbocycles. The maximum absolute atomic E-state index is 11.3. The van der Waals surface area contributed by atoms with E-state index in [9.17, 15) is 4.79 Å². The fraction of sp³-hybridized carbons (Fsp3) is 0.500. The fourth-order valence-electron chi connectivity index (χ4n) is 1.55. The summed E-state index contributed by atoms with van der Waals surface area (Å²) in [6.45, 7) is 1.54. The molecule has 0 bridgehead atoms. The summed E-state index contributed by atoms with van der Waals surface area (Å²) in [6, 6.07) is 0.168. The van der Waals surface area contributed by atoms with E-state index in [1.165, 1.54) is 6.20 Å². The number of nitrogens with two attached hydrogens (primary N) is 1. The lowest BCUT2D eigenvalue weighted by Gasteiger charge is -2.14. The minimum atomic E-state index is -0.142. The summed E-state index contributed by atoms with van der Waals surface area (Å²) in [7, 11) is 0. The lowest BCUT2D eigenvalue weighted by Crippen LogP contribution is -2.31. The molecule has 15 heavy (non-hydrogen) atoms. The Morgan fingerprint density at radius 3 is 2.80 bits per heavy atom. The summed E-state index contributed by atoms with van der Waals surface area (Å²) >= 11 is 0. The van der Waals surface area contributed by atoms with E-state index in [0.717, 1.165) is 19.5 Å². The van der Waals surface area contributed by atoms with Crippen LogP contribution in [0.15, 0.2) is 17.2 Å². The Labute approximate surface area is 99.9 Å². The van der Waals surface area contributed by atoms with Gasteiger partial charge in [0.1, 0.15) is 0 Å². The molecule has 1 fully saturated rings. The topological polar surface area (TPSA) is 75.0 Å². The number of aromatic nitrogens is 2. The second-order valence-electron chi connectivity index (χ2n) is 3.24. The summed E-state index contributed by atoms with van der Waals surface area (Å²) in [5, 5.41) is 0. The second kappa shape index (κ2) is 5.95. The van der Waals surface area contributed by atoms with E-state index in [-0.39, 0.29) is 36.4 Å². The Balaban J connectivity index is 0.000000980. The van der Waals surface area contributed by atoms with Gasteiger partial charge in [-0.25, -0.2) is 4.98 Å². The highest BCUT2D eigenvalue weighted by Crippen LogP contribution is 2.11. The third-order valence-electron chi connectivity index (χ3n) is 2.21.